The molecule has 2 aromatic rings. The van der Waals surface area contributed by atoms with Crippen LogP contribution in [0.2, 0.25) is 0 Å². The molecule has 0 saturated heterocycles. The number of nitrogens with two attached hydrogens (primary N) is 1. The molecule has 0 bridgehead atoms. The molecule has 112 valence electrons. The zero-order valence-electron chi connectivity index (χ0n) is 12.4. The zero-order valence-corrected chi connectivity index (χ0v) is 12.4. The summed E-state index contributed by atoms with van der Waals surface area (Å²) in [6.07, 6.45) is 8.31. The van der Waals surface area contributed by atoms with Crippen LogP contribution in [-0.2, 0) is 0 Å². The minimum Gasteiger partial charge on any atom is -0.345 e. The molecule has 6 heteroatoms. The molecule has 0 unspecified atom stereocenters. The van der Waals surface area contributed by atoms with Crippen LogP contribution in [0.5, 0.6) is 0 Å². The van der Waals surface area contributed by atoms with Gasteiger partial charge >= 0.3 is 0 Å². The molecule has 2 aromatic heterocycles. The van der Waals surface area contributed by atoms with Gasteiger partial charge in [-0.05, 0) is 25.0 Å². The maximum Gasteiger partial charge on any atom is 0.253 e. The van der Waals surface area contributed by atoms with Gasteiger partial charge in [-0.1, -0.05) is 13.8 Å². The van der Waals surface area contributed by atoms with Gasteiger partial charge in [0.2, 0.25) is 0 Å². The van der Waals surface area contributed by atoms with E-state index in [-0.39, 0.29) is 11.4 Å². The van der Waals surface area contributed by atoms with Gasteiger partial charge in [0.25, 0.3) is 5.91 Å². The third kappa shape index (κ3) is 3.28. The van der Waals surface area contributed by atoms with Crippen LogP contribution >= 0.6 is 0 Å². The first-order valence-corrected chi connectivity index (χ1v) is 7.11. The monoisotopic (exact) mass is 287 g/mol. The molecule has 0 radical (unpaired) electrons. The van der Waals surface area contributed by atoms with Crippen molar-refractivity contribution in [1.82, 2.24) is 19.9 Å². The van der Waals surface area contributed by atoms with Gasteiger partial charge in [-0.25, -0.2) is 9.97 Å². The molecule has 0 aliphatic heterocycles. The molecule has 6 nitrogen and oxygen atoms in total. The van der Waals surface area contributed by atoms with E-state index in [1.54, 1.807) is 41.6 Å². The predicted molar refractivity (Wildman–Crippen MR) is 81.2 cm³/mol. The number of amides is 1. The van der Waals surface area contributed by atoms with Crippen molar-refractivity contribution in [1.29, 1.82) is 0 Å². The molecule has 0 atom stereocenters. The maximum atomic E-state index is 12.3. The standard InChI is InChI=1S/C15H21N5O/c1-3-15(4-2,10-16)19-14(21)12-5-6-13(18-9-12)20-8-7-17-11-20/h5-9,11H,3-4,10,16H2,1-2H3,(H,19,21). The molecular formula is C15H21N5O. The highest BCUT2D eigenvalue weighted by atomic mass is 16.1. The van der Waals surface area contributed by atoms with Gasteiger partial charge in [0, 0.05) is 25.1 Å². The summed E-state index contributed by atoms with van der Waals surface area (Å²) in [6.45, 7) is 4.47. The van der Waals surface area contributed by atoms with E-state index in [1.807, 2.05) is 13.8 Å². The average molecular weight is 287 g/mol. The first kappa shape index (κ1) is 15.2. The van der Waals surface area contributed by atoms with Gasteiger partial charge in [-0.15, -0.1) is 0 Å². The second-order valence-electron chi connectivity index (χ2n) is 5.02. The number of carbonyl (C=O) groups is 1. The van der Waals surface area contributed by atoms with Gasteiger partial charge in [0.15, 0.2) is 0 Å². The number of nitrogens with zero attached hydrogens (tertiary/aromatic N) is 3. The highest BCUT2D eigenvalue weighted by Crippen LogP contribution is 2.14. The molecule has 0 aromatic carbocycles. The van der Waals surface area contributed by atoms with Crippen LogP contribution in [0.4, 0.5) is 0 Å². The third-order valence-corrected chi connectivity index (χ3v) is 3.90. The highest BCUT2D eigenvalue weighted by Gasteiger charge is 2.26. The lowest BCUT2D eigenvalue weighted by Gasteiger charge is -2.31. The number of carbonyl (C=O) groups excluding carboxylic acids is 1. The normalized spacial score (nSPS) is 11.4. The molecule has 2 rings (SSSR count). The number of aromatic nitrogens is 3. The molecule has 0 spiro atoms. The van der Waals surface area contributed by atoms with Crippen LogP contribution in [0.3, 0.4) is 0 Å². The fourth-order valence-electron chi connectivity index (χ4n) is 2.15. The molecule has 1 amide bonds. The van der Waals surface area contributed by atoms with Crippen molar-refractivity contribution in [3.8, 4) is 5.82 Å². The number of rotatable bonds is 6. The first-order chi connectivity index (χ1) is 10.1. The van der Waals surface area contributed by atoms with Crippen LogP contribution in [0.15, 0.2) is 37.1 Å². The topological polar surface area (TPSA) is 85.8 Å². The van der Waals surface area contributed by atoms with Crippen LogP contribution in [-0.4, -0.2) is 32.5 Å². The minimum absolute atomic E-state index is 0.145. The Labute approximate surface area is 124 Å². The van der Waals surface area contributed by atoms with Crippen molar-refractivity contribution in [3.63, 3.8) is 0 Å². The van der Waals surface area contributed by atoms with Crippen molar-refractivity contribution in [2.75, 3.05) is 6.54 Å². The maximum absolute atomic E-state index is 12.3. The first-order valence-electron chi connectivity index (χ1n) is 7.11. The van der Waals surface area contributed by atoms with E-state index in [0.717, 1.165) is 18.7 Å². The Kier molecular flexibility index (Phi) is 4.70. The molecule has 0 saturated carbocycles. The highest BCUT2D eigenvalue weighted by molar-refractivity contribution is 5.94. The molecule has 21 heavy (non-hydrogen) atoms. The van der Waals surface area contributed by atoms with E-state index in [1.165, 1.54) is 0 Å². The van der Waals surface area contributed by atoms with Crippen molar-refractivity contribution in [2.24, 2.45) is 5.73 Å². The number of imidazole rings is 1. The SMILES string of the molecule is CCC(CC)(CN)NC(=O)c1ccc(-n2ccnc2)nc1. The van der Waals surface area contributed by atoms with E-state index in [2.05, 4.69) is 15.3 Å². The van der Waals surface area contributed by atoms with E-state index in [4.69, 9.17) is 5.73 Å². The Hall–Kier alpha value is -2.21. The molecular weight excluding hydrogens is 266 g/mol. The molecule has 0 aliphatic carbocycles. The fourth-order valence-corrected chi connectivity index (χ4v) is 2.15. The molecule has 0 fully saturated rings. The van der Waals surface area contributed by atoms with E-state index < -0.39 is 0 Å². The summed E-state index contributed by atoms with van der Waals surface area (Å²) in [5.74, 6) is 0.578. The van der Waals surface area contributed by atoms with E-state index >= 15 is 0 Å². The lowest BCUT2D eigenvalue weighted by Crippen LogP contribution is -2.52. The lowest BCUT2D eigenvalue weighted by molar-refractivity contribution is 0.0895. The predicted octanol–water partition coefficient (Wildman–Crippen LogP) is 1.51. The fraction of sp³-hybridized carbons (Fsp3) is 0.400. The second-order valence-corrected chi connectivity index (χ2v) is 5.02. The molecule has 3 N–H and O–H groups in total. The summed E-state index contributed by atoms with van der Waals surface area (Å²) in [5.41, 5.74) is 5.98. The quantitative estimate of drug-likeness (QED) is 0.843. The van der Waals surface area contributed by atoms with Crippen LogP contribution in [0, 0.1) is 0 Å². The van der Waals surface area contributed by atoms with Crippen molar-refractivity contribution in [3.05, 3.63) is 42.6 Å². The Morgan fingerprint density at radius 3 is 2.62 bits per heavy atom. The Balaban J connectivity index is 2.13. The minimum atomic E-state index is -0.347. The molecule has 0 aliphatic rings. The summed E-state index contributed by atoms with van der Waals surface area (Å²) in [7, 11) is 0. The second kappa shape index (κ2) is 6.49. The lowest BCUT2D eigenvalue weighted by atomic mass is 9.92. The number of hydrogen-bond acceptors (Lipinski definition) is 4. The van der Waals surface area contributed by atoms with Crippen LogP contribution < -0.4 is 11.1 Å². The summed E-state index contributed by atoms with van der Waals surface area (Å²) in [4.78, 5) is 20.6. The number of nitrogens with one attached hydrogen (secondary N) is 1. The van der Waals surface area contributed by atoms with Crippen molar-refractivity contribution in [2.45, 2.75) is 32.2 Å². The number of pyridine rings is 1. The van der Waals surface area contributed by atoms with Crippen molar-refractivity contribution >= 4 is 5.91 Å². The third-order valence-electron chi connectivity index (χ3n) is 3.90. The Morgan fingerprint density at radius 2 is 2.14 bits per heavy atom. The van der Waals surface area contributed by atoms with E-state index in [0.29, 0.717) is 12.1 Å². The van der Waals surface area contributed by atoms with Gasteiger partial charge in [0.05, 0.1) is 11.1 Å². The van der Waals surface area contributed by atoms with Gasteiger partial charge in [-0.3, -0.25) is 9.36 Å². The summed E-state index contributed by atoms with van der Waals surface area (Å²) in [5, 5.41) is 3.03. The van der Waals surface area contributed by atoms with Gasteiger partial charge < -0.3 is 11.1 Å². The zero-order chi connectivity index (χ0) is 15.3. The van der Waals surface area contributed by atoms with Gasteiger partial charge in [0.1, 0.15) is 12.1 Å². The van der Waals surface area contributed by atoms with Crippen LogP contribution in [0.25, 0.3) is 5.82 Å². The summed E-state index contributed by atoms with van der Waals surface area (Å²) >= 11 is 0. The Bertz CT molecular complexity index is 564. The summed E-state index contributed by atoms with van der Waals surface area (Å²) < 4.78 is 1.78. The Morgan fingerprint density at radius 1 is 1.38 bits per heavy atom. The average Bonchev–Trinajstić information content (AvgIpc) is 3.07. The summed E-state index contributed by atoms with van der Waals surface area (Å²) in [6, 6.07) is 3.54. The largest absolute Gasteiger partial charge is 0.345 e. The van der Waals surface area contributed by atoms with Crippen molar-refractivity contribution < 1.29 is 4.79 Å². The van der Waals surface area contributed by atoms with Gasteiger partial charge in [-0.2, -0.15) is 0 Å². The van der Waals surface area contributed by atoms with E-state index in [9.17, 15) is 4.79 Å². The molecule has 2 heterocycles. The number of hydrogen-bond donors (Lipinski definition) is 2. The smallest absolute Gasteiger partial charge is 0.253 e. The van der Waals surface area contributed by atoms with Crippen LogP contribution in [0.1, 0.15) is 37.0 Å².